The number of nitrogens with one attached hydrogen (secondary N) is 1. The highest BCUT2D eigenvalue weighted by Crippen LogP contribution is 2.34. The number of carbonyl (C=O) groups is 2. The lowest BCUT2D eigenvalue weighted by molar-refractivity contribution is -0.387. The number of ether oxygens (including phenoxy) is 1. The van der Waals surface area contributed by atoms with Crippen LogP contribution in [0.15, 0.2) is 58.8 Å². The number of aromatic nitrogens is 3. The molecule has 3 aromatic rings. The van der Waals surface area contributed by atoms with E-state index in [0.29, 0.717) is 27.9 Å². The largest absolute Gasteiger partial charge is 0.462 e. The Balaban J connectivity index is 1.70. The first-order valence-electron chi connectivity index (χ1n) is 9.78. The van der Waals surface area contributed by atoms with Gasteiger partial charge in [0.05, 0.1) is 22.0 Å². The molecule has 0 atom stereocenters. The third-order valence-electron chi connectivity index (χ3n) is 4.40. The molecule has 0 fully saturated rings. The molecule has 1 N–H and O–H groups in total. The summed E-state index contributed by atoms with van der Waals surface area (Å²) in [4.78, 5) is 35.9. The Hall–Kier alpha value is -3.73. The van der Waals surface area contributed by atoms with Gasteiger partial charge in [-0.25, -0.2) is 4.79 Å². The number of amides is 1. The summed E-state index contributed by atoms with van der Waals surface area (Å²) < 4.78 is 6.79. The SMILES string of the molecule is CCCCOC(=O)c1ccc(NC(=O)c2ccc(Sc3nncn3C)c([N+](=O)[O-])c2)cc1. The topological polar surface area (TPSA) is 129 Å². The van der Waals surface area contributed by atoms with E-state index in [2.05, 4.69) is 15.5 Å². The molecule has 0 spiro atoms. The molecule has 0 aliphatic heterocycles. The van der Waals surface area contributed by atoms with Crippen molar-refractivity contribution in [1.82, 2.24) is 14.8 Å². The summed E-state index contributed by atoms with van der Waals surface area (Å²) in [5.74, 6) is -0.940. The van der Waals surface area contributed by atoms with Crippen molar-refractivity contribution >= 4 is 35.0 Å². The molecule has 1 amide bonds. The zero-order chi connectivity index (χ0) is 23.1. The van der Waals surface area contributed by atoms with E-state index < -0.39 is 16.8 Å². The minimum Gasteiger partial charge on any atom is -0.462 e. The lowest BCUT2D eigenvalue weighted by Gasteiger charge is -2.08. The fourth-order valence-corrected chi connectivity index (χ4v) is 3.49. The van der Waals surface area contributed by atoms with E-state index in [1.807, 2.05) is 6.92 Å². The highest BCUT2D eigenvalue weighted by atomic mass is 32.2. The van der Waals surface area contributed by atoms with Gasteiger partial charge in [-0.3, -0.25) is 14.9 Å². The maximum Gasteiger partial charge on any atom is 0.338 e. The number of nitrogens with zero attached hydrogens (tertiary/aromatic N) is 4. The van der Waals surface area contributed by atoms with E-state index in [9.17, 15) is 19.7 Å². The zero-order valence-electron chi connectivity index (χ0n) is 17.5. The van der Waals surface area contributed by atoms with Crippen molar-refractivity contribution in [1.29, 1.82) is 0 Å². The van der Waals surface area contributed by atoms with Crippen LogP contribution in [-0.2, 0) is 11.8 Å². The van der Waals surface area contributed by atoms with Crippen LogP contribution >= 0.6 is 11.8 Å². The van der Waals surface area contributed by atoms with Crippen molar-refractivity contribution in [2.75, 3.05) is 11.9 Å². The van der Waals surface area contributed by atoms with Gasteiger partial charge in [-0.1, -0.05) is 13.3 Å². The number of aryl methyl sites for hydroxylation is 1. The van der Waals surface area contributed by atoms with Gasteiger partial charge in [-0.05, 0) is 54.6 Å². The second-order valence-corrected chi connectivity index (χ2v) is 7.80. The molecule has 0 unspecified atom stereocenters. The van der Waals surface area contributed by atoms with Gasteiger partial charge in [0.2, 0.25) is 0 Å². The number of benzene rings is 2. The molecular formula is C21H21N5O5S. The van der Waals surface area contributed by atoms with Crippen LogP contribution in [0.5, 0.6) is 0 Å². The molecule has 1 aromatic heterocycles. The van der Waals surface area contributed by atoms with Crippen molar-refractivity contribution in [2.45, 2.75) is 29.8 Å². The molecule has 0 saturated heterocycles. The molecule has 0 saturated carbocycles. The Morgan fingerprint density at radius 2 is 1.91 bits per heavy atom. The van der Waals surface area contributed by atoms with E-state index in [1.165, 1.54) is 24.5 Å². The van der Waals surface area contributed by atoms with Crippen LogP contribution in [0.1, 0.15) is 40.5 Å². The Kier molecular flexibility index (Phi) is 7.55. The number of anilines is 1. The van der Waals surface area contributed by atoms with Crippen molar-refractivity contribution in [3.63, 3.8) is 0 Å². The smallest absolute Gasteiger partial charge is 0.338 e. The van der Waals surface area contributed by atoms with Gasteiger partial charge in [0.1, 0.15) is 6.33 Å². The third-order valence-corrected chi connectivity index (χ3v) is 5.52. The van der Waals surface area contributed by atoms with Crippen molar-refractivity contribution in [3.05, 3.63) is 70.0 Å². The number of unbranched alkanes of at least 4 members (excludes halogenated alkanes) is 1. The Bertz CT molecular complexity index is 1130. The first kappa shape index (κ1) is 22.9. The quantitative estimate of drug-likeness (QED) is 0.221. The van der Waals surface area contributed by atoms with E-state index >= 15 is 0 Å². The van der Waals surface area contributed by atoms with Gasteiger partial charge < -0.3 is 14.6 Å². The van der Waals surface area contributed by atoms with Crippen LogP contribution in [0.4, 0.5) is 11.4 Å². The molecule has 2 aromatic carbocycles. The Morgan fingerprint density at radius 1 is 1.19 bits per heavy atom. The molecule has 0 aliphatic rings. The van der Waals surface area contributed by atoms with Gasteiger partial charge in [0.15, 0.2) is 5.16 Å². The van der Waals surface area contributed by atoms with Gasteiger partial charge >= 0.3 is 5.97 Å². The second-order valence-electron chi connectivity index (χ2n) is 6.79. The number of nitro benzene ring substituents is 1. The second kappa shape index (κ2) is 10.5. The summed E-state index contributed by atoms with van der Waals surface area (Å²) in [6.45, 7) is 2.36. The van der Waals surface area contributed by atoms with Crippen LogP contribution in [0.2, 0.25) is 0 Å². The Labute approximate surface area is 188 Å². The summed E-state index contributed by atoms with van der Waals surface area (Å²) in [7, 11) is 1.73. The van der Waals surface area contributed by atoms with E-state index in [1.54, 1.807) is 35.9 Å². The molecule has 166 valence electrons. The first-order chi connectivity index (χ1) is 15.4. The maximum absolute atomic E-state index is 12.6. The lowest BCUT2D eigenvalue weighted by atomic mass is 10.1. The number of esters is 1. The van der Waals surface area contributed by atoms with Crippen molar-refractivity contribution in [3.8, 4) is 0 Å². The van der Waals surface area contributed by atoms with Gasteiger partial charge in [0, 0.05) is 24.4 Å². The predicted octanol–water partition coefficient (Wildman–Crippen LogP) is 4.08. The summed E-state index contributed by atoms with van der Waals surface area (Å²) in [6, 6.07) is 10.5. The monoisotopic (exact) mass is 455 g/mol. The average Bonchev–Trinajstić information content (AvgIpc) is 3.18. The number of nitro groups is 1. The molecule has 0 aliphatic carbocycles. The lowest BCUT2D eigenvalue weighted by Crippen LogP contribution is -2.13. The zero-order valence-corrected chi connectivity index (χ0v) is 18.3. The van der Waals surface area contributed by atoms with Gasteiger partial charge in [0.25, 0.3) is 11.6 Å². The number of rotatable bonds is 9. The molecular weight excluding hydrogens is 434 g/mol. The van der Waals surface area contributed by atoms with E-state index in [0.717, 1.165) is 24.6 Å². The summed E-state index contributed by atoms with van der Waals surface area (Å²) in [6.07, 6.45) is 3.21. The molecule has 1 heterocycles. The van der Waals surface area contributed by atoms with Crippen LogP contribution in [0.25, 0.3) is 0 Å². The highest BCUT2D eigenvalue weighted by Gasteiger charge is 2.20. The molecule has 10 nitrogen and oxygen atoms in total. The standard InChI is InChI=1S/C21H21N5O5S/c1-3-4-11-31-20(28)14-5-8-16(9-6-14)23-19(27)15-7-10-18(17(12-15)26(29)30)32-21-24-22-13-25(21)2/h5-10,12-13H,3-4,11H2,1-2H3,(H,23,27). The minimum atomic E-state index is -0.547. The van der Waals surface area contributed by atoms with Crippen molar-refractivity contribution in [2.24, 2.45) is 7.05 Å². The molecule has 0 bridgehead atoms. The van der Waals surface area contributed by atoms with Crippen LogP contribution in [0.3, 0.4) is 0 Å². The van der Waals surface area contributed by atoms with Gasteiger partial charge in [-0.2, -0.15) is 0 Å². The fraction of sp³-hybridized carbons (Fsp3) is 0.238. The minimum absolute atomic E-state index is 0.127. The number of hydrogen-bond donors (Lipinski definition) is 1. The predicted molar refractivity (Wildman–Crippen MR) is 118 cm³/mol. The van der Waals surface area contributed by atoms with Crippen molar-refractivity contribution < 1.29 is 19.2 Å². The van der Waals surface area contributed by atoms with Crippen LogP contribution in [-0.4, -0.2) is 38.2 Å². The summed E-state index contributed by atoms with van der Waals surface area (Å²) in [5, 5.41) is 22.3. The van der Waals surface area contributed by atoms with Crippen LogP contribution in [0, 0.1) is 10.1 Å². The van der Waals surface area contributed by atoms with Gasteiger partial charge in [-0.15, -0.1) is 10.2 Å². The normalized spacial score (nSPS) is 10.6. The number of carbonyl (C=O) groups excluding carboxylic acids is 2. The fourth-order valence-electron chi connectivity index (χ4n) is 2.64. The highest BCUT2D eigenvalue weighted by molar-refractivity contribution is 7.99. The van der Waals surface area contributed by atoms with E-state index in [-0.39, 0.29) is 11.3 Å². The first-order valence-corrected chi connectivity index (χ1v) is 10.6. The maximum atomic E-state index is 12.6. The molecule has 32 heavy (non-hydrogen) atoms. The summed E-state index contributed by atoms with van der Waals surface area (Å²) >= 11 is 1.08. The molecule has 3 rings (SSSR count). The Morgan fingerprint density at radius 3 is 2.53 bits per heavy atom. The number of hydrogen-bond acceptors (Lipinski definition) is 8. The summed E-state index contributed by atoms with van der Waals surface area (Å²) in [5.41, 5.74) is 0.734. The molecule has 11 heteroatoms. The average molecular weight is 455 g/mol. The van der Waals surface area contributed by atoms with Crippen LogP contribution < -0.4 is 5.32 Å². The van der Waals surface area contributed by atoms with E-state index in [4.69, 9.17) is 4.74 Å². The third kappa shape index (κ3) is 5.70. The molecule has 0 radical (unpaired) electrons.